The summed E-state index contributed by atoms with van der Waals surface area (Å²) in [6, 6.07) is 15.0. The number of halogens is 1. The Bertz CT molecular complexity index is 2530. The number of rotatable bonds is 11. The van der Waals surface area contributed by atoms with Crippen LogP contribution in [0, 0.1) is 17.7 Å². The molecule has 6 heterocycles. The predicted molar refractivity (Wildman–Crippen MR) is 238 cm³/mol. The maximum absolute atomic E-state index is 16.0. The molecular formula is C48H55FN8O8. The fourth-order valence-electron chi connectivity index (χ4n) is 10.0. The van der Waals surface area contributed by atoms with Crippen molar-refractivity contribution in [1.29, 1.82) is 0 Å². The summed E-state index contributed by atoms with van der Waals surface area (Å²) in [4.78, 5) is 72.4. The summed E-state index contributed by atoms with van der Waals surface area (Å²) in [7, 11) is 2.58. The molecule has 2 aromatic heterocycles. The van der Waals surface area contributed by atoms with Gasteiger partial charge in [-0.2, -0.15) is 0 Å². The SMILES string of the molecule is COC(=O)N[C@H](C(=O)N1CCC[C@H]1c1ncc(-c2ccc(-c3ccc4cc(-c5cnc([C@@H]6CCCN6C(=O)[C@@H](NC(=O)OC)C6CCOCC6)[nH]5)ccc4c3)c(F)c2)[nH]1)C1CCOCC1. The number of ether oxygens (including phenoxy) is 4. The van der Waals surface area contributed by atoms with Crippen molar-refractivity contribution in [2.75, 3.05) is 53.7 Å². The second kappa shape index (κ2) is 19.4. The lowest BCUT2D eigenvalue weighted by Gasteiger charge is -2.34. The molecular weight excluding hydrogens is 836 g/mol. The number of nitrogens with zero attached hydrogens (tertiary/aromatic N) is 4. The van der Waals surface area contributed by atoms with Crippen LogP contribution in [-0.2, 0) is 28.5 Å². The number of amides is 4. The van der Waals surface area contributed by atoms with E-state index < -0.39 is 24.3 Å². The number of benzene rings is 3. The summed E-state index contributed by atoms with van der Waals surface area (Å²) in [6.45, 7) is 3.23. The zero-order valence-electron chi connectivity index (χ0n) is 36.6. The van der Waals surface area contributed by atoms with Crippen LogP contribution in [0.4, 0.5) is 14.0 Å². The molecule has 9 rings (SSSR count). The van der Waals surface area contributed by atoms with Gasteiger partial charge in [0, 0.05) is 56.2 Å². The maximum atomic E-state index is 16.0. The lowest BCUT2D eigenvalue weighted by Crippen LogP contribution is -2.53. The molecule has 4 atom stereocenters. The number of alkyl carbamates (subject to hydrolysis) is 2. The molecule has 65 heavy (non-hydrogen) atoms. The maximum Gasteiger partial charge on any atom is 0.407 e. The number of aromatic nitrogens is 4. The molecule has 0 bridgehead atoms. The van der Waals surface area contributed by atoms with E-state index in [1.54, 1.807) is 23.4 Å². The third-order valence-corrected chi connectivity index (χ3v) is 13.6. The number of methoxy groups -OCH3 is 2. The summed E-state index contributed by atoms with van der Waals surface area (Å²) in [5.74, 6) is 0.482. The van der Waals surface area contributed by atoms with Crippen molar-refractivity contribution in [2.45, 2.75) is 75.5 Å². The monoisotopic (exact) mass is 890 g/mol. The van der Waals surface area contributed by atoms with E-state index in [0.29, 0.717) is 100 Å². The minimum atomic E-state index is -0.737. The van der Waals surface area contributed by atoms with Crippen molar-refractivity contribution in [3.05, 3.63) is 84.5 Å². The lowest BCUT2D eigenvalue weighted by atomic mass is 9.90. The van der Waals surface area contributed by atoms with Gasteiger partial charge in [-0.05, 0) is 97.7 Å². The summed E-state index contributed by atoms with van der Waals surface area (Å²) < 4.78 is 36.8. The third-order valence-electron chi connectivity index (χ3n) is 13.6. The Labute approximate surface area is 375 Å². The van der Waals surface area contributed by atoms with Crippen LogP contribution in [0.1, 0.15) is 75.1 Å². The number of likely N-dealkylation sites (tertiary alicyclic amines) is 2. The van der Waals surface area contributed by atoms with Gasteiger partial charge in [0.2, 0.25) is 11.8 Å². The molecule has 4 aliphatic rings. The summed E-state index contributed by atoms with van der Waals surface area (Å²) in [5, 5.41) is 7.49. The van der Waals surface area contributed by atoms with Gasteiger partial charge in [0.05, 0.1) is 50.1 Å². The van der Waals surface area contributed by atoms with Crippen molar-refractivity contribution in [3.8, 4) is 33.6 Å². The Hall–Kier alpha value is -6.33. The number of fused-ring (bicyclic) bond motifs is 1. The molecule has 4 aliphatic heterocycles. The summed E-state index contributed by atoms with van der Waals surface area (Å²) >= 11 is 0. The van der Waals surface area contributed by atoms with Gasteiger partial charge in [0.15, 0.2) is 0 Å². The molecule has 4 fully saturated rings. The Morgan fingerprint density at radius 3 is 1.57 bits per heavy atom. The molecule has 4 saturated heterocycles. The smallest absolute Gasteiger partial charge is 0.407 e. The van der Waals surface area contributed by atoms with Gasteiger partial charge in [0.1, 0.15) is 29.5 Å². The normalized spacial score (nSPS) is 20.4. The Kier molecular flexibility index (Phi) is 13.1. The molecule has 342 valence electrons. The van der Waals surface area contributed by atoms with E-state index in [2.05, 4.69) is 31.7 Å². The third kappa shape index (κ3) is 9.29. The number of carbonyl (C=O) groups excluding carboxylic acids is 4. The highest BCUT2D eigenvalue weighted by atomic mass is 19.1. The molecule has 0 radical (unpaired) electrons. The van der Waals surface area contributed by atoms with Crippen LogP contribution < -0.4 is 10.6 Å². The van der Waals surface area contributed by atoms with Gasteiger partial charge in [-0.3, -0.25) is 9.59 Å². The van der Waals surface area contributed by atoms with Crippen molar-refractivity contribution in [1.82, 2.24) is 40.4 Å². The van der Waals surface area contributed by atoms with Crippen molar-refractivity contribution in [3.63, 3.8) is 0 Å². The molecule has 0 saturated carbocycles. The summed E-state index contributed by atoms with van der Waals surface area (Å²) in [5.41, 5.74) is 4.18. The zero-order chi connectivity index (χ0) is 45.0. The zero-order valence-corrected chi connectivity index (χ0v) is 36.6. The molecule has 17 heteroatoms. The first kappa shape index (κ1) is 43.9. The van der Waals surface area contributed by atoms with Crippen LogP contribution in [0.2, 0.25) is 0 Å². The first-order valence-corrected chi connectivity index (χ1v) is 22.6. The molecule has 16 nitrogen and oxygen atoms in total. The fraction of sp³-hybridized carbons (Fsp3) is 0.458. The van der Waals surface area contributed by atoms with E-state index in [9.17, 15) is 19.2 Å². The van der Waals surface area contributed by atoms with Crippen LogP contribution in [-0.4, -0.2) is 120 Å². The average molecular weight is 891 g/mol. The Morgan fingerprint density at radius 2 is 1.09 bits per heavy atom. The molecule has 5 aromatic rings. The number of hydrogen-bond donors (Lipinski definition) is 4. The van der Waals surface area contributed by atoms with E-state index in [-0.39, 0.29) is 41.6 Å². The van der Waals surface area contributed by atoms with E-state index in [1.807, 2.05) is 41.3 Å². The van der Waals surface area contributed by atoms with Crippen molar-refractivity contribution in [2.24, 2.45) is 11.8 Å². The Morgan fingerprint density at radius 1 is 0.646 bits per heavy atom. The topological polar surface area (TPSA) is 193 Å². The molecule has 0 aliphatic carbocycles. The van der Waals surface area contributed by atoms with Gasteiger partial charge in [-0.1, -0.05) is 36.4 Å². The van der Waals surface area contributed by atoms with Gasteiger partial charge >= 0.3 is 12.2 Å². The van der Waals surface area contributed by atoms with Crippen molar-refractivity contribution >= 4 is 34.8 Å². The average Bonchev–Trinajstić information content (AvgIpc) is 4.20. The fourth-order valence-corrected chi connectivity index (χ4v) is 10.0. The van der Waals surface area contributed by atoms with Gasteiger partial charge in [0.25, 0.3) is 0 Å². The number of nitrogens with one attached hydrogen (secondary N) is 4. The number of carbonyl (C=O) groups is 4. The molecule has 0 unspecified atom stereocenters. The van der Waals surface area contributed by atoms with Crippen molar-refractivity contribution < 1.29 is 42.5 Å². The number of aromatic amines is 2. The highest BCUT2D eigenvalue weighted by molar-refractivity contribution is 5.91. The quantitative estimate of drug-likeness (QED) is 0.107. The lowest BCUT2D eigenvalue weighted by molar-refractivity contribution is -0.137. The van der Waals surface area contributed by atoms with Crippen LogP contribution in [0.15, 0.2) is 67.0 Å². The minimum Gasteiger partial charge on any atom is -0.453 e. The first-order valence-electron chi connectivity index (χ1n) is 22.6. The van der Waals surface area contributed by atoms with E-state index >= 15 is 4.39 Å². The minimum absolute atomic E-state index is 0.0509. The largest absolute Gasteiger partial charge is 0.453 e. The number of H-pyrrole nitrogens is 2. The standard InChI is InChI=1S/C48H55FN8O8/c1-62-47(60)54-41(28-13-19-64-20-14-28)45(58)56-17-3-5-39(56)43-50-26-37(52-43)33-10-8-30-23-32(9-7-31(30)24-33)35-12-11-34(25-36(35)49)38-27-51-44(53-38)40-6-4-18-57(40)46(59)42(55-48(61)63-2)29-15-21-65-22-16-29/h7-12,23-29,39-42H,3-6,13-22H2,1-2H3,(H,50,52)(H,51,53)(H,54,60)(H,55,61)/t39-,40-,41-,42-/m0/s1. The highest BCUT2D eigenvalue weighted by Crippen LogP contribution is 2.37. The van der Waals surface area contributed by atoms with E-state index in [0.717, 1.165) is 46.9 Å². The Balaban J connectivity index is 0.878. The predicted octanol–water partition coefficient (Wildman–Crippen LogP) is 7.06. The molecule has 0 spiro atoms. The molecule has 4 N–H and O–H groups in total. The van der Waals surface area contributed by atoms with Crippen LogP contribution in [0.3, 0.4) is 0 Å². The van der Waals surface area contributed by atoms with Gasteiger partial charge in [-0.25, -0.2) is 23.9 Å². The van der Waals surface area contributed by atoms with Crippen LogP contribution in [0.5, 0.6) is 0 Å². The molecule has 4 amide bonds. The van der Waals surface area contributed by atoms with E-state index in [1.165, 1.54) is 20.3 Å². The number of hydrogen-bond acceptors (Lipinski definition) is 10. The summed E-state index contributed by atoms with van der Waals surface area (Å²) in [6.07, 6.45) is 7.89. The van der Waals surface area contributed by atoms with Crippen LogP contribution in [0.25, 0.3) is 44.4 Å². The highest BCUT2D eigenvalue weighted by Gasteiger charge is 2.42. The second-order valence-electron chi connectivity index (χ2n) is 17.3. The first-order chi connectivity index (χ1) is 31.7. The van der Waals surface area contributed by atoms with Gasteiger partial charge in [-0.15, -0.1) is 0 Å². The molecule has 3 aromatic carbocycles. The van der Waals surface area contributed by atoms with E-state index in [4.69, 9.17) is 23.9 Å². The second-order valence-corrected chi connectivity index (χ2v) is 17.3. The van der Waals surface area contributed by atoms with Gasteiger partial charge < -0.3 is 49.3 Å². The van der Waals surface area contributed by atoms with Crippen LogP contribution >= 0.6 is 0 Å². The number of imidazole rings is 2.